The monoisotopic (exact) mass is 387 g/mol. The summed E-state index contributed by atoms with van der Waals surface area (Å²) in [6.45, 7) is 7.71. The minimum Gasteiger partial charge on any atom is -0.481 e. The van der Waals surface area contributed by atoms with Crippen LogP contribution in [0.1, 0.15) is 50.7 Å². The van der Waals surface area contributed by atoms with Gasteiger partial charge in [-0.25, -0.2) is 4.79 Å². The molecular weight excluding hydrogens is 354 g/mol. The number of carboxylic acid groups (broad SMARTS) is 1. The Hall–Kier alpha value is -2.08. The van der Waals surface area contributed by atoms with Crippen molar-refractivity contribution < 1.29 is 14.7 Å². The van der Waals surface area contributed by atoms with Crippen molar-refractivity contribution >= 4 is 12.0 Å². The molecule has 6 heteroatoms. The van der Waals surface area contributed by atoms with Gasteiger partial charge < -0.3 is 15.3 Å². The maximum absolute atomic E-state index is 12.6. The van der Waals surface area contributed by atoms with E-state index in [2.05, 4.69) is 35.3 Å². The van der Waals surface area contributed by atoms with Crippen LogP contribution in [0.15, 0.2) is 24.3 Å². The van der Waals surface area contributed by atoms with E-state index in [4.69, 9.17) is 0 Å². The minimum atomic E-state index is -0.814. The van der Waals surface area contributed by atoms with Crippen molar-refractivity contribution in [3.05, 3.63) is 35.4 Å². The van der Waals surface area contributed by atoms with Crippen molar-refractivity contribution in [1.82, 2.24) is 15.1 Å². The van der Waals surface area contributed by atoms with Crippen LogP contribution >= 0.6 is 0 Å². The van der Waals surface area contributed by atoms with Gasteiger partial charge in [-0.1, -0.05) is 37.6 Å². The SMILES string of the molecule is CC1CC(C(=O)O)CN(C(=O)NCc2ccccc2CN2CCCCC2C)C1. The number of piperidine rings is 2. The lowest BCUT2D eigenvalue weighted by molar-refractivity contribution is -0.143. The van der Waals surface area contributed by atoms with Gasteiger partial charge in [0.15, 0.2) is 0 Å². The summed E-state index contributed by atoms with van der Waals surface area (Å²) < 4.78 is 0. The first-order valence-corrected chi connectivity index (χ1v) is 10.5. The highest BCUT2D eigenvalue weighted by atomic mass is 16.4. The number of aliphatic carboxylic acids is 1. The van der Waals surface area contributed by atoms with E-state index in [9.17, 15) is 14.7 Å². The zero-order valence-corrected chi connectivity index (χ0v) is 17.1. The number of rotatable bonds is 5. The van der Waals surface area contributed by atoms with Gasteiger partial charge in [0, 0.05) is 32.2 Å². The number of hydrogen-bond acceptors (Lipinski definition) is 3. The molecule has 3 unspecified atom stereocenters. The number of carbonyl (C=O) groups is 2. The molecule has 0 bridgehead atoms. The van der Waals surface area contributed by atoms with E-state index in [-0.39, 0.29) is 11.9 Å². The first kappa shape index (κ1) is 20.6. The second-order valence-electron chi connectivity index (χ2n) is 8.52. The highest BCUT2D eigenvalue weighted by Gasteiger charge is 2.31. The molecule has 2 aliphatic rings. The second kappa shape index (κ2) is 9.41. The smallest absolute Gasteiger partial charge is 0.317 e. The molecule has 2 saturated heterocycles. The van der Waals surface area contributed by atoms with Gasteiger partial charge in [0.2, 0.25) is 0 Å². The van der Waals surface area contributed by atoms with E-state index in [1.807, 2.05) is 13.0 Å². The van der Waals surface area contributed by atoms with Gasteiger partial charge >= 0.3 is 12.0 Å². The average molecular weight is 388 g/mol. The molecule has 2 fully saturated rings. The predicted molar refractivity (Wildman–Crippen MR) is 109 cm³/mol. The first-order valence-electron chi connectivity index (χ1n) is 10.5. The van der Waals surface area contributed by atoms with Gasteiger partial charge in [0.25, 0.3) is 0 Å². The molecule has 0 spiro atoms. The third-order valence-corrected chi connectivity index (χ3v) is 6.16. The molecule has 3 atom stereocenters. The maximum Gasteiger partial charge on any atom is 0.317 e. The number of carbonyl (C=O) groups excluding carboxylic acids is 1. The highest BCUT2D eigenvalue weighted by Crippen LogP contribution is 2.23. The lowest BCUT2D eigenvalue weighted by Crippen LogP contribution is -2.49. The minimum absolute atomic E-state index is 0.168. The van der Waals surface area contributed by atoms with Crippen molar-refractivity contribution in [2.45, 2.75) is 58.7 Å². The molecule has 0 aliphatic carbocycles. The van der Waals surface area contributed by atoms with E-state index < -0.39 is 11.9 Å². The van der Waals surface area contributed by atoms with Gasteiger partial charge in [-0.05, 0) is 49.8 Å². The van der Waals surface area contributed by atoms with Gasteiger partial charge in [-0.3, -0.25) is 9.69 Å². The van der Waals surface area contributed by atoms with E-state index in [0.29, 0.717) is 32.1 Å². The number of carboxylic acids is 1. The molecule has 2 N–H and O–H groups in total. The lowest BCUT2D eigenvalue weighted by atomic mass is 9.91. The Labute approximate surface area is 167 Å². The van der Waals surface area contributed by atoms with Crippen LogP contribution in [-0.2, 0) is 17.9 Å². The molecule has 2 amide bonds. The summed E-state index contributed by atoms with van der Waals surface area (Å²) in [6, 6.07) is 8.71. The zero-order valence-electron chi connectivity index (χ0n) is 17.1. The summed E-state index contributed by atoms with van der Waals surface area (Å²) >= 11 is 0. The fraction of sp³-hybridized carbons (Fsp3) is 0.636. The van der Waals surface area contributed by atoms with Crippen LogP contribution in [0.3, 0.4) is 0 Å². The zero-order chi connectivity index (χ0) is 20.1. The lowest BCUT2D eigenvalue weighted by Gasteiger charge is -2.35. The summed E-state index contributed by atoms with van der Waals surface area (Å²) in [5.41, 5.74) is 2.39. The van der Waals surface area contributed by atoms with Crippen molar-refractivity contribution in [1.29, 1.82) is 0 Å². The molecule has 6 nitrogen and oxygen atoms in total. The molecule has 154 valence electrons. The third-order valence-electron chi connectivity index (χ3n) is 6.16. The van der Waals surface area contributed by atoms with Gasteiger partial charge in [0.05, 0.1) is 5.92 Å². The van der Waals surface area contributed by atoms with Crippen LogP contribution in [0, 0.1) is 11.8 Å². The second-order valence-corrected chi connectivity index (χ2v) is 8.52. The van der Waals surface area contributed by atoms with E-state index in [0.717, 1.165) is 18.7 Å². The Morgan fingerprint density at radius 2 is 1.89 bits per heavy atom. The Kier molecular flexibility index (Phi) is 6.94. The molecule has 0 radical (unpaired) electrons. The van der Waals surface area contributed by atoms with Crippen LogP contribution in [0.2, 0.25) is 0 Å². The molecule has 1 aromatic carbocycles. The summed E-state index contributed by atoms with van der Waals surface area (Å²) in [5, 5.41) is 12.3. The van der Waals surface area contributed by atoms with Crippen LogP contribution in [0.5, 0.6) is 0 Å². The Balaban J connectivity index is 1.59. The van der Waals surface area contributed by atoms with E-state index in [1.54, 1.807) is 4.90 Å². The largest absolute Gasteiger partial charge is 0.481 e. The average Bonchev–Trinajstić information content (AvgIpc) is 2.68. The molecule has 2 aliphatic heterocycles. The number of urea groups is 1. The van der Waals surface area contributed by atoms with Crippen molar-refractivity contribution in [3.8, 4) is 0 Å². The Morgan fingerprint density at radius 1 is 1.14 bits per heavy atom. The Morgan fingerprint density at radius 3 is 2.61 bits per heavy atom. The number of nitrogens with one attached hydrogen (secondary N) is 1. The first-order chi connectivity index (χ1) is 13.4. The van der Waals surface area contributed by atoms with Crippen molar-refractivity contribution in [3.63, 3.8) is 0 Å². The van der Waals surface area contributed by atoms with Gasteiger partial charge in [-0.2, -0.15) is 0 Å². The van der Waals surface area contributed by atoms with Crippen molar-refractivity contribution in [2.75, 3.05) is 19.6 Å². The summed E-state index contributed by atoms with van der Waals surface area (Å²) in [5.74, 6) is -1.08. The number of likely N-dealkylation sites (tertiary alicyclic amines) is 2. The Bertz CT molecular complexity index is 693. The molecule has 0 aromatic heterocycles. The molecule has 0 saturated carbocycles. The van der Waals surface area contributed by atoms with Gasteiger partial charge in [-0.15, -0.1) is 0 Å². The molecular formula is C22H33N3O3. The molecule has 28 heavy (non-hydrogen) atoms. The van der Waals surface area contributed by atoms with Crippen LogP contribution in [0.4, 0.5) is 4.79 Å². The fourth-order valence-corrected chi connectivity index (χ4v) is 4.47. The highest BCUT2D eigenvalue weighted by molar-refractivity contribution is 5.76. The van der Waals surface area contributed by atoms with Crippen LogP contribution in [-0.4, -0.2) is 52.6 Å². The number of amides is 2. The maximum atomic E-state index is 12.6. The topological polar surface area (TPSA) is 72.9 Å². The molecule has 2 heterocycles. The van der Waals surface area contributed by atoms with E-state index in [1.165, 1.54) is 24.8 Å². The standard InChI is InChI=1S/C22H33N3O3/c1-16-11-20(21(26)27)15-25(13-16)22(28)23-12-18-8-3-4-9-19(18)14-24-10-6-5-7-17(24)2/h3-4,8-9,16-17,20H,5-7,10-15H2,1-2H3,(H,23,28)(H,26,27). The van der Waals surface area contributed by atoms with Gasteiger partial charge in [0.1, 0.15) is 0 Å². The molecule has 3 rings (SSSR count). The fourth-order valence-electron chi connectivity index (χ4n) is 4.47. The van der Waals surface area contributed by atoms with E-state index >= 15 is 0 Å². The summed E-state index contributed by atoms with van der Waals surface area (Å²) in [6.07, 6.45) is 4.44. The number of benzene rings is 1. The van der Waals surface area contributed by atoms with Crippen LogP contribution in [0.25, 0.3) is 0 Å². The molecule has 1 aromatic rings. The van der Waals surface area contributed by atoms with Crippen molar-refractivity contribution in [2.24, 2.45) is 11.8 Å². The summed E-state index contributed by atoms with van der Waals surface area (Å²) in [4.78, 5) is 28.2. The number of hydrogen-bond donors (Lipinski definition) is 2. The number of nitrogens with zero attached hydrogens (tertiary/aromatic N) is 2. The normalized spacial score (nSPS) is 26.1. The van der Waals surface area contributed by atoms with Crippen LogP contribution < -0.4 is 5.32 Å². The quantitative estimate of drug-likeness (QED) is 0.813. The summed E-state index contributed by atoms with van der Waals surface area (Å²) in [7, 11) is 0. The third kappa shape index (κ3) is 5.25. The predicted octanol–water partition coefficient (Wildman–Crippen LogP) is 3.31.